The largest absolute Gasteiger partial charge is 0.493 e. The minimum atomic E-state index is -0.105. The average molecular weight is 359 g/mol. The van der Waals surface area contributed by atoms with Crippen LogP contribution >= 0.6 is 27.5 Å². The smallest absolute Gasteiger partial charge is 0.180 e. The number of rotatable bonds is 5. The molecule has 0 aliphatic rings. The lowest BCUT2D eigenvalue weighted by atomic mass is 10.2. The molecule has 1 aromatic carbocycles. The number of benzene rings is 1. The van der Waals surface area contributed by atoms with E-state index in [1.54, 1.807) is 24.5 Å². The molecule has 0 fully saturated rings. The molecule has 0 spiro atoms. The average Bonchev–Trinajstić information content (AvgIpc) is 2.45. The quantitative estimate of drug-likeness (QED) is 0.887. The van der Waals surface area contributed by atoms with E-state index < -0.39 is 0 Å². The Balaban J connectivity index is 2.20. The zero-order chi connectivity index (χ0) is 14.5. The van der Waals surface area contributed by atoms with Gasteiger partial charge in [0.05, 0.1) is 18.7 Å². The van der Waals surface area contributed by atoms with Gasteiger partial charge in [-0.3, -0.25) is 4.98 Å². The molecule has 0 aliphatic heterocycles. The molecule has 0 radical (unpaired) electrons. The van der Waals surface area contributed by atoms with Crippen molar-refractivity contribution in [3.05, 3.63) is 51.2 Å². The van der Waals surface area contributed by atoms with Crippen molar-refractivity contribution < 1.29 is 14.6 Å². The molecule has 20 heavy (non-hydrogen) atoms. The van der Waals surface area contributed by atoms with E-state index in [2.05, 4.69) is 20.9 Å². The Morgan fingerprint density at radius 2 is 2.05 bits per heavy atom. The molecule has 0 unspecified atom stereocenters. The second-order valence-electron chi connectivity index (χ2n) is 4.07. The molecule has 106 valence electrons. The first-order valence-electron chi connectivity index (χ1n) is 5.83. The number of hydrogen-bond acceptors (Lipinski definition) is 4. The first-order valence-corrected chi connectivity index (χ1v) is 7.00. The maximum atomic E-state index is 9.14. The van der Waals surface area contributed by atoms with Crippen molar-refractivity contribution in [1.82, 2.24) is 4.98 Å². The highest BCUT2D eigenvalue weighted by molar-refractivity contribution is 9.10. The summed E-state index contributed by atoms with van der Waals surface area (Å²) in [5.74, 6) is 0.941. The van der Waals surface area contributed by atoms with Crippen LogP contribution in [-0.4, -0.2) is 17.2 Å². The molecular formula is C14H13BrClNO3. The van der Waals surface area contributed by atoms with Gasteiger partial charge in [-0.25, -0.2) is 0 Å². The summed E-state index contributed by atoms with van der Waals surface area (Å²) in [7, 11) is 1.53. The van der Waals surface area contributed by atoms with Crippen LogP contribution in [0.1, 0.15) is 11.1 Å². The molecule has 1 heterocycles. The highest BCUT2D eigenvalue weighted by atomic mass is 79.9. The molecule has 1 N–H and O–H groups in total. The van der Waals surface area contributed by atoms with Crippen molar-refractivity contribution in [2.24, 2.45) is 0 Å². The van der Waals surface area contributed by atoms with Gasteiger partial charge in [-0.1, -0.05) is 11.6 Å². The third-order valence-electron chi connectivity index (χ3n) is 2.62. The number of aliphatic hydroxyl groups is 1. The lowest BCUT2D eigenvalue weighted by Gasteiger charge is -2.13. The number of ether oxygens (including phenoxy) is 2. The third kappa shape index (κ3) is 3.62. The summed E-state index contributed by atoms with van der Waals surface area (Å²) < 4.78 is 11.8. The van der Waals surface area contributed by atoms with Gasteiger partial charge < -0.3 is 14.6 Å². The second kappa shape index (κ2) is 6.92. The van der Waals surface area contributed by atoms with Crippen molar-refractivity contribution in [1.29, 1.82) is 0 Å². The molecule has 0 amide bonds. The fourth-order valence-electron chi connectivity index (χ4n) is 1.69. The molecule has 0 bridgehead atoms. The van der Waals surface area contributed by atoms with Gasteiger partial charge in [0.2, 0.25) is 0 Å². The first kappa shape index (κ1) is 15.1. The van der Waals surface area contributed by atoms with Gasteiger partial charge in [-0.15, -0.1) is 0 Å². The second-order valence-corrected chi connectivity index (χ2v) is 5.39. The SMILES string of the molecule is COc1cc(CO)cc(Cl)c1OCc1cncc(Br)c1. The van der Waals surface area contributed by atoms with Crippen LogP contribution in [-0.2, 0) is 13.2 Å². The van der Waals surface area contributed by atoms with Crippen molar-refractivity contribution in [3.63, 3.8) is 0 Å². The fraction of sp³-hybridized carbons (Fsp3) is 0.214. The molecule has 6 heteroatoms. The van der Waals surface area contributed by atoms with Gasteiger partial charge in [0.1, 0.15) is 6.61 Å². The van der Waals surface area contributed by atoms with Crippen LogP contribution in [0.2, 0.25) is 5.02 Å². The molecule has 4 nitrogen and oxygen atoms in total. The number of methoxy groups -OCH3 is 1. The van der Waals surface area contributed by atoms with Crippen molar-refractivity contribution in [2.45, 2.75) is 13.2 Å². The summed E-state index contributed by atoms with van der Waals surface area (Å²) >= 11 is 9.50. The van der Waals surface area contributed by atoms with E-state index in [0.29, 0.717) is 28.7 Å². The number of halogens is 2. The highest BCUT2D eigenvalue weighted by Crippen LogP contribution is 2.37. The maximum absolute atomic E-state index is 9.14. The van der Waals surface area contributed by atoms with E-state index in [0.717, 1.165) is 10.0 Å². The molecule has 0 saturated carbocycles. The summed E-state index contributed by atoms with van der Waals surface area (Å²) in [6, 6.07) is 5.26. The third-order valence-corrected chi connectivity index (χ3v) is 3.33. The molecular weight excluding hydrogens is 346 g/mol. The van der Waals surface area contributed by atoms with Crippen LogP contribution in [0, 0.1) is 0 Å². The van der Waals surface area contributed by atoms with E-state index in [1.807, 2.05) is 6.07 Å². The van der Waals surface area contributed by atoms with Crippen LogP contribution < -0.4 is 9.47 Å². The predicted molar refractivity (Wildman–Crippen MR) is 80.2 cm³/mol. The van der Waals surface area contributed by atoms with Crippen molar-refractivity contribution in [2.75, 3.05) is 7.11 Å². The van der Waals surface area contributed by atoms with Crippen LogP contribution in [0.3, 0.4) is 0 Å². The number of hydrogen-bond donors (Lipinski definition) is 1. The van der Waals surface area contributed by atoms with E-state index in [1.165, 1.54) is 7.11 Å². The summed E-state index contributed by atoms with van der Waals surface area (Å²) in [5, 5.41) is 9.54. The van der Waals surface area contributed by atoms with Gasteiger partial charge in [0.15, 0.2) is 11.5 Å². The highest BCUT2D eigenvalue weighted by Gasteiger charge is 2.12. The van der Waals surface area contributed by atoms with Crippen molar-refractivity contribution in [3.8, 4) is 11.5 Å². The lowest BCUT2D eigenvalue weighted by molar-refractivity contribution is 0.274. The zero-order valence-electron chi connectivity index (χ0n) is 10.8. The van der Waals surface area contributed by atoms with Gasteiger partial charge in [0, 0.05) is 22.4 Å². The minimum Gasteiger partial charge on any atom is -0.493 e. The van der Waals surface area contributed by atoms with Gasteiger partial charge >= 0.3 is 0 Å². The van der Waals surface area contributed by atoms with Gasteiger partial charge in [-0.2, -0.15) is 0 Å². The summed E-state index contributed by atoms with van der Waals surface area (Å²) in [4.78, 5) is 4.06. The van der Waals surface area contributed by atoms with Crippen LogP contribution in [0.5, 0.6) is 11.5 Å². The van der Waals surface area contributed by atoms with E-state index in [9.17, 15) is 0 Å². The normalized spacial score (nSPS) is 10.4. The van der Waals surface area contributed by atoms with Gasteiger partial charge in [0.25, 0.3) is 0 Å². The van der Waals surface area contributed by atoms with Crippen molar-refractivity contribution >= 4 is 27.5 Å². The standard InChI is InChI=1S/C14H13BrClNO3/c1-19-13-4-9(7-18)3-12(16)14(13)20-8-10-2-11(15)6-17-5-10/h2-6,18H,7-8H2,1H3. The molecule has 2 aromatic rings. The molecule has 2 rings (SSSR count). The number of aromatic nitrogens is 1. The Morgan fingerprint density at radius 1 is 1.25 bits per heavy atom. The summed E-state index contributed by atoms with van der Waals surface area (Å²) in [6.45, 7) is 0.215. The number of nitrogens with zero attached hydrogens (tertiary/aromatic N) is 1. The van der Waals surface area contributed by atoms with Crippen LogP contribution in [0.15, 0.2) is 35.1 Å². The van der Waals surface area contributed by atoms with E-state index in [-0.39, 0.29) is 6.61 Å². The molecule has 1 aromatic heterocycles. The maximum Gasteiger partial charge on any atom is 0.180 e. The van der Waals surface area contributed by atoms with E-state index >= 15 is 0 Å². The lowest BCUT2D eigenvalue weighted by Crippen LogP contribution is -2.00. The number of aliphatic hydroxyl groups excluding tert-OH is 1. The Hall–Kier alpha value is -1.30. The summed E-state index contributed by atoms with van der Waals surface area (Å²) in [5.41, 5.74) is 1.58. The molecule has 0 aliphatic carbocycles. The predicted octanol–water partition coefficient (Wildman–Crippen LogP) is 3.58. The number of pyridine rings is 1. The Labute approximate surface area is 130 Å². The topological polar surface area (TPSA) is 51.6 Å². The molecule has 0 saturated heterocycles. The van der Waals surface area contributed by atoms with E-state index in [4.69, 9.17) is 26.2 Å². The zero-order valence-corrected chi connectivity index (χ0v) is 13.1. The molecule has 0 atom stereocenters. The van der Waals surface area contributed by atoms with Crippen LogP contribution in [0.25, 0.3) is 0 Å². The minimum absolute atomic E-state index is 0.105. The Bertz CT molecular complexity index is 607. The first-order chi connectivity index (χ1) is 9.63. The fourth-order valence-corrected chi connectivity index (χ4v) is 2.39. The van der Waals surface area contributed by atoms with Crippen LogP contribution in [0.4, 0.5) is 0 Å². The summed E-state index contributed by atoms with van der Waals surface area (Å²) in [6.07, 6.45) is 3.42. The Kier molecular flexibility index (Phi) is 5.23. The monoisotopic (exact) mass is 357 g/mol. The Morgan fingerprint density at radius 3 is 2.70 bits per heavy atom. The van der Waals surface area contributed by atoms with Gasteiger partial charge in [-0.05, 0) is 39.7 Å².